The fourth-order valence-electron chi connectivity index (χ4n) is 1.69. The van der Waals surface area contributed by atoms with Gasteiger partial charge in [0.1, 0.15) is 12.1 Å². The maximum atomic E-state index is 12.3. The van der Waals surface area contributed by atoms with Crippen molar-refractivity contribution in [3.8, 4) is 0 Å². The van der Waals surface area contributed by atoms with Gasteiger partial charge >= 0.3 is 4.87 Å². The molecule has 94 valence electrons. The highest BCUT2D eigenvalue weighted by Gasteiger charge is 2.29. The third-order valence-corrected chi connectivity index (χ3v) is 3.65. The standard InChI is InChI=1S/C13H14N2O2S/c1-13(2,10-6-4-3-5-7-10)11(16)8-15-12(17)18-9-14-15/h3-7,9H,8H2,1-2H3. The van der Waals surface area contributed by atoms with E-state index < -0.39 is 5.41 Å². The van der Waals surface area contributed by atoms with Crippen LogP contribution in [-0.2, 0) is 16.8 Å². The second-order valence-corrected chi connectivity index (χ2v) is 5.37. The Bertz CT molecular complexity index is 599. The lowest BCUT2D eigenvalue weighted by molar-refractivity contribution is -0.124. The number of hydrogen-bond donors (Lipinski definition) is 0. The third kappa shape index (κ3) is 2.41. The second-order valence-electron chi connectivity index (χ2n) is 4.58. The maximum absolute atomic E-state index is 12.3. The number of carbonyl (C=O) groups excluding carboxylic acids is 1. The average molecular weight is 262 g/mol. The molecule has 0 atom stereocenters. The minimum atomic E-state index is -0.621. The van der Waals surface area contributed by atoms with Crippen LogP contribution in [0.1, 0.15) is 19.4 Å². The molecule has 5 heteroatoms. The Morgan fingerprint density at radius 2 is 2.00 bits per heavy atom. The molecule has 0 saturated carbocycles. The van der Waals surface area contributed by atoms with Crippen LogP contribution in [0.5, 0.6) is 0 Å². The van der Waals surface area contributed by atoms with Crippen molar-refractivity contribution in [2.24, 2.45) is 0 Å². The molecule has 1 aromatic carbocycles. The van der Waals surface area contributed by atoms with Gasteiger partial charge in [0.15, 0.2) is 5.78 Å². The van der Waals surface area contributed by atoms with Crippen LogP contribution in [-0.4, -0.2) is 15.6 Å². The first kappa shape index (κ1) is 12.7. The van der Waals surface area contributed by atoms with Crippen molar-refractivity contribution in [3.05, 3.63) is 51.1 Å². The van der Waals surface area contributed by atoms with E-state index in [0.29, 0.717) is 0 Å². The molecule has 0 aliphatic carbocycles. The van der Waals surface area contributed by atoms with Crippen LogP contribution in [0.2, 0.25) is 0 Å². The third-order valence-electron chi connectivity index (χ3n) is 3.04. The first-order chi connectivity index (χ1) is 8.51. The Balaban J connectivity index is 2.23. The van der Waals surface area contributed by atoms with Crippen LogP contribution in [0.15, 0.2) is 40.6 Å². The summed E-state index contributed by atoms with van der Waals surface area (Å²) in [4.78, 5) is 23.5. The Labute approximate surface area is 109 Å². The molecular formula is C13H14N2O2S. The Morgan fingerprint density at radius 1 is 1.33 bits per heavy atom. The quantitative estimate of drug-likeness (QED) is 0.845. The van der Waals surface area contributed by atoms with Gasteiger partial charge in [-0.05, 0) is 19.4 Å². The first-order valence-corrected chi connectivity index (χ1v) is 6.49. The molecule has 2 rings (SSSR count). The molecule has 0 unspecified atom stereocenters. The summed E-state index contributed by atoms with van der Waals surface area (Å²) in [6, 6.07) is 9.55. The first-order valence-electron chi connectivity index (χ1n) is 5.61. The molecule has 4 nitrogen and oxygen atoms in total. The van der Waals surface area contributed by atoms with Crippen molar-refractivity contribution < 1.29 is 4.79 Å². The van der Waals surface area contributed by atoms with Crippen molar-refractivity contribution in [2.75, 3.05) is 0 Å². The van der Waals surface area contributed by atoms with Crippen molar-refractivity contribution in [1.82, 2.24) is 9.78 Å². The number of Topliss-reactive ketones (excluding diaryl/α,β-unsaturated/α-hetero) is 1. The average Bonchev–Trinajstić information content (AvgIpc) is 2.76. The summed E-state index contributed by atoms with van der Waals surface area (Å²) >= 11 is 0.997. The van der Waals surface area contributed by atoms with Gasteiger partial charge in [-0.2, -0.15) is 5.10 Å². The lowest BCUT2D eigenvalue weighted by Gasteiger charge is -2.23. The van der Waals surface area contributed by atoms with E-state index in [9.17, 15) is 9.59 Å². The summed E-state index contributed by atoms with van der Waals surface area (Å²) in [6.45, 7) is 3.74. The van der Waals surface area contributed by atoms with E-state index in [4.69, 9.17) is 0 Å². The number of nitrogens with zero attached hydrogens (tertiary/aromatic N) is 2. The van der Waals surface area contributed by atoms with Gasteiger partial charge in [0.05, 0.1) is 5.41 Å². The molecule has 0 aliphatic rings. The highest BCUT2D eigenvalue weighted by atomic mass is 32.1. The number of aromatic nitrogens is 2. The smallest absolute Gasteiger partial charge is 0.297 e. The van der Waals surface area contributed by atoms with Crippen molar-refractivity contribution in [1.29, 1.82) is 0 Å². The molecule has 0 radical (unpaired) electrons. The molecule has 0 saturated heterocycles. The minimum Gasteiger partial charge on any atom is -0.297 e. The van der Waals surface area contributed by atoms with Crippen molar-refractivity contribution >= 4 is 17.1 Å². The van der Waals surface area contributed by atoms with Gasteiger partial charge in [0.25, 0.3) is 0 Å². The number of carbonyl (C=O) groups is 1. The van der Waals surface area contributed by atoms with Crippen LogP contribution in [0.3, 0.4) is 0 Å². The van der Waals surface area contributed by atoms with Crippen molar-refractivity contribution in [3.63, 3.8) is 0 Å². The van der Waals surface area contributed by atoms with Crippen LogP contribution >= 0.6 is 11.3 Å². The monoisotopic (exact) mass is 262 g/mol. The van der Waals surface area contributed by atoms with Crippen molar-refractivity contribution in [2.45, 2.75) is 25.8 Å². The van der Waals surface area contributed by atoms with Gasteiger partial charge in [-0.25, -0.2) is 4.68 Å². The summed E-state index contributed by atoms with van der Waals surface area (Å²) in [5, 5.41) is 3.86. The lowest BCUT2D eigenvalue weighted by atomic mass is 9.80. The molecule has 1 heterocycles. The topological polar surface area (TPSA) is 52.0 Å². The number of ketones is 1. The molecular weight excluding hydrogens is 248 g/mol. The summed E-state index contributed by atoms with van der Waals surface area (Å²) in [5.41, 5.74) is 1.77. The predicted molar refractivity (Wildman–Crippen MR) is 70.8 cm³/mol. The molecule has 0 amide bonds. The van der Waals surface area contributed by atoms with Crippen LogP contribution in [0.4, 0.5) is 0 Å². The predicted octanol–water partition coefficient (Wildman–Crippen LogP) is 1.85. The minimum absolute atomic E-state index is 0.0181. The number of rotatable bonds is 4. The Morgan fingerprint density at radius 3 is 2.56 bits per heavy atom. The molecule has 0 fully saturated rings. The van der Waals surface area contributed by atoms with Gasteiger partial charge in [-0.1, -0.05) is 41.7 Å². The van der Waals surface area contributed by atoms with Gasteiger partial charge < -0.3 is 0 Å². The summed E-state index contributed by atoms with van der Waals surface area (Å²) in [7, 11) is 0. The van der Waals surface area contributed by atoms with E-state index in [-0.39, 0.29) is 17.2 Å². The second kappa shape index (κ2) is 4.86. The molecule has 2 aromatic rings. The van der Waals surface area contributed by atoms with E-state index in [2.05, 4.69) is 5.10 Å². The molecule has 18 heavy (non-hydrogen) atoms. The highest BCUT2D eigenvalue weighted by Crippen LogP contribution is 2.24. The van der Waals surface area contributed by atoms with E-state index in [1.54, 1.807) is 0 Å². The zero-order valence-electron chi connectivity index (χ0n) is 10.3. The van der Waals surface area contributed by atoms with Gasteiger partial charge in [0.2, 0.25) is 0 Å². The highest BCUT2D eigenvalue weighted by molar-refractivity contribution is 7.06. The number of hydrogen-bond acceptors (Lipinski definition) is 4. The van der Waals surface area contributed by atoms with Gasteiger partial charge in [0, 0.05) is 0 Å². The Kier molecular flexibility index (Phi) is 3.43. The summed E-state index contributed by atoms with van der Waals surface area (Å²) in [6.07, 6.45) is 0. The van der Waals surface area contributed by atoms with E-state index in [1.807, 2.05) is 44.2 Å². The van der Waals surface area contributed by atoms with Crippen LogP contribution in [0, 0.1) is 0 Å². The Hall–Kier alpha value is -1.75. The number of benzene rings is 1. The molecule has 0 bridgehead atoms. The molecule has 0 aliphatic heterocycles. The SMILES string of the molecule is CC(C)(C(=O)Cn1ncsc1=O)c1ccccc1. The van der Waals surface area contributed by atoms with Gasteiger partial charge in [-0.3, -0.25) is 9.59 Å². The largest absolute Gasteiger partial charge is 0.325 e. The maximum Gasteiger partial charge on any atom is 0.325 e. The summed E-state index contributed by atoms with van der Waals surface area (Å²) in [5.74, 6) is -0.0262. The zero-order valence-corrected chi connectivity index (χ0v) is 11.1. The molecule has 0 spiro atoms. The van der Waals surface area contributed by atoms with Crippen LogP contribution < -0.4 is 4.87 Å². The van der Waals surface area contributed by atoms with Crippen LogP contribution in [0.25, 0.3) is 0 Å². The van der Waals surface area contributed by atoms with E-state index in [0.717, 1.165) is 16.9 Å². The van der Waals surface area contributed by atoms with E-state index in [1.165, 1.54) is 10.2 Å². The fraction of sp³-hybridized carbons (Fsp3) is 0.308. The molecule has 0 N–H and O–H groups in total. The normalized spacial score (nSPS) is 11.4. The zero-order chi connectivity index (χ0) is 13.2. The lowest BCUT2D eigenvalue weighted by Crippen LogP contribution is -2.34. The fourth-order valence-corrected chi connectivity index (χ4v) is 2.17. The molecule has 1 aromatic heterocycles. The van der Waals surface area contributed by atoms with Gasteiger partial charge in [-0.15, -0.1) is 0 Å². The van der Waals surface area contributed by atoms with E-state index >= 15 is 0 Å². The summed E-state index contributed by atoms with van der Waals surface area (Å²) < 4.78 is 1.21.